The molecule has 0 saturated carbocycles. The number of unbranched alkanes of at least 4 members (excludes halogenated alkanes) is 1. The van der Waals surface area contributed by atoms with Crippen molar-refractivity contribution in [3.63, 3.8) is 0 Å². The summed E-state index contributed by atoms with van der Waals surface area (Å²) in [5.74, 6) is -3.15. The van der Waals surface area contributed by atoms with E-state index in [0.717, 1.165) is 12.8 Å². The predicted molar refractivity (Wildman–Crippen MR) is 72.4 cm³/mol. The highest BCUT2D eigenvalue weighted by Crippen LogP contribution is 2.30. The standard InChI is InChI=1S/C15H20O4/c1-3-4-7-13(15(18)19)12-9-6-5-8-11(12)10(2)14(16)17/h5-6,8-10,13H,3-4,7H2,1-2H3,(H,16,17)(H,18,19). The van der Waals surface area contributed by atoms with E-state index in [1.165, 1.54) is 0 Å². The zero-order chi connectivity index (χ0) is 14.4. The van der Waals surface area contributed by atoms with Gasteiger partial charge in [-0.15, -0.1) is 0 Å². The first-order valence-electron chi connectivity index (χ1n) is 6.53. The van der Waals surface area contributed by atoms with Crippen molar-refractivity contribution in [2.45, 2.75) is 44.9 Å². The second kappa shape index (κ2) is 6.92. The number of hydrogen-bond donors (Lipinski definition) is 2. The van der Waals surface area contributed by atoms with Gasteiger partial charge in [-0.2, -0.15) is 0 Å². The minimum Gasteiger partial charge on any atom is -0.481 e. The molecule has 0 aliphatic rings. The van der Waals surface area contributed by atoms with E-state index in [2.05, 4.69) is 0 Å². The Kier molecular flexibility index (Phi) is 5.55. The van der Waals surface area contributed by atoms with E-state index in [1.807, 2.05) is 6.92 Å². The molecule has 104 valence electrons. The lowest BCUT2D eigenvalue weighted by atomic mass is 9.85. The predicted octanol–water partition coefficient (Wildman–Crippen LogP) is 3.23. The van der Waals surface area contributed by atoms with Crippen molar-refractivity contribution < 1.29 is 19.8 Å². The second-order valence-corrected chi connectivity index (χ2v) is 4.72. The lowest BCUT2D eigenvalue weighted by molar-refractivity contribution is -0.140. The quantitative estimate of drug-likeness (QED) is 0.792. The number of aliphatic carboxylic acids is 2. The van der Waals surface area contributed by atoms with E-state index in [1.54, 1.807) is 31.2 Å². The maximum Gasteiger partial charge on any atom is 0.310 e. The van der Waals surface area contributed by atoms with Gasteiger partial charge >= 0.3 is 11.9 Å². The summed E-state index contributed by atoms with van der Waals surface area (Å²) < 4.78 is 0. The molecule has 2 N–H and O–H groups in total. The summed E-state index contributed by atoms with van der Waals surface area (Å²) in [6.45, 7) is 3.59. The van der Waals surface area contributed by atoms with E-state index >= 15 is 0 Å². The van der Waals surface area contributed by atoms with Crippen LogP contribution in [0.25, 0.3) is 0 Å². The Hall–Kier alpha value is -1.84. The average molecular weight is 264 g/mol. The van der Waals surface area contributed by atoms with Crippen molar-refractivity contribution in [2.75, 3.05) is 0 Å². The fourth-order valence-corrected chi connectivity index (χ4v) is 2.18. The van der Waals surface area contributed by atoms with Crippen molar-refractivity contribution in [2.24, 2.45) is 0 Å². The Morgan fingerprint density at radius 2 is 1.68 bits per heavy atom. The molecule has 1 aromatic carbocycles. The molecule has 0 saturated heterocycles. The highest BCUT2D eigenvalue weighted by atomic mass is 16.4. The molecule has 0 amide bonds. The molecule has 4 nitrogen and oxygen atoms in total. The average Bonchev–Trinajstić information content (AvgIpc) is 2.38. The van der Waals surface area contributed by atoms with Gasteiger partial charge in [0.05, 0.1) is 11.8 Å². The fraction of sp³-hybridized carbons (Fsp3) is 0.467. The molecule has 19 heavy (non-hydrogen) atoms. The van der Waals surface area contributed by atoms with E-state index in [4.69, 9.17) is 5.11 Å². The summed E-state index contributed by atoms with van der Waals surface area (Å²) in [6, 6.07) is 6.94. The maximum absolute atomic E-state index is 11.4. The molecular formula is C15H20O4. The highest BCUT2D eigenvalue weighted by Gasteiger charge is 2.25. The first kappa shape index (κ1) is 15.2. The summed E-state index contributed by atoms with van der Waals surface area (Å²) in [7, 11) is 0. The normalized spacial score (nSPS) is 13.8. The zero-order valence-electron chi connectivity index (χ0n) is 11.3. The molecular weight excluding hydrogens is 244 g/mol. The lowest BCUT2D eigenvalue weighted by Crippen LogP contribution is -2.17. The smallest absolute Gasteiger partial charge is 0.310 e. The van der Waals surface area contributed by atoms with Crippen molar-refractivity contribution in [3.8, 4) is 0 Å². The first-order chi connectivity index (χ1) is 8.99. The van der Waals surface area contributed by atoms with Crippen molar-refractivity contribution in [1.82, 2.24) is 0 Å². The summed E-state index contributed by atoms with van der Waals surface area (Å²) in [5, 5.41) is 18.5. The lowest BCUT2D eigenvalue weighted by Gasteiger charge is -2.18. The Labute approximate surface area is 113 Å². The molecule has 0 bridgehead atoms. The van der Waals surface area contributed by atoms with Gasteiger partial charge in [0, 0.05) is 0 Å². The van der Waals surface area contributed by atoms with Gasteiger partial charge in [-0.1, -0.05) is 44.0 Å². The molecule has 2 atom stereocenters. The van der Waals surface area contributed by atoms with Crippen molar-refractivity contribution >= 4 is 11.9 Å². The zero-order valence-corrected chi connectivity index (χ0v) is 11.3. The molecule has 2 unspecified atom stereocenters. The maximum atomic E-state index is 11.4. The summed E-state index contributed by atoms with van der Waals surface area (Å²) in [4.78, 5) is 22.5. The molecule has 0 heterocycles. The Morgan fingerprint density at radius 1 is 1.11 bits per heavy atom. The van der Waals surface area contributed by atoms with Crippen LogP contribution in [-0.2, 0) is 9.59 Å². The molecule has 1 rings (SSSR count). The molecule has 0 spiro atoms. The van der Waals surface area contributed by atoms with Gasteiger partial charge in [-0.25, -0.2) is 0 Å². The summed E-state index contributed by atoms with van der Waals surface area (Å²) in [5.41, 5.74) is 1.22. The van der Waals surface area contributed by atoms with Crippen LogP contribution < -0.4 is 0 Å². The van der Waals surface area contributed by atoms with Gasteiger partial charge in [0.25, 0.3) is 0 Å². The van der Waals surface area contributed by atoms with Gasteiger partial charge in [0.2, 0.25) is 0 Å². The molecule has 0 aliphatic heterocycles. The van der Waals surface area contributed by atoms with Crippen molar-refractivity contribution in [1.29, 1.82) is 0 Å². The van der Waals surface area contributed by atoms with E-state index in [0.29, 0.717) is 17.5 Å². The molecule has 4 heteroatoms. The van der Waals surface area contributed by atoms with Crippen LogP contribution in [0, 0.1) is 0 Å². The minimum atomic E-state index is -0.938. The van der Waals surface area contributed by atoms with Crippen LogP contribution in [0.5, 0.6) is 0 Å². The van der Waals surface area contributed by atoms with Gasteiger partial charge in [0.1, 0.15) is 0 Å². The number of benzene rings is 1. The summed E-state index contributed by atoms with van der Waals surface area (Å²) >= 11 is 0. The van der Waals surface area contributed by atoms with E-state index in [-0.39, 0.29) is 0 Å². The Morgan fingerprint density at radius 3 is 2.16 bits per heavy atom. The van der Waals surface area contributed by atoms with Gasteiger partial charge < -0.3 is 10.2 Å². The number of carboxylic acids is 2. The number of carboxylic acid groups (broad SMARTS) is 2. The van der Waals surface area contributed by atoms with Gasteiger partial charge in [0.15, 0.2) is 0 Å². The number of hydrogen-bond acceptors (Lipinski definition) is 2. The number of rotatable bonds is 7. The fourth-order valence-electron chi connectivity index (χ4n) is 2.18. The molecule has 0 fully saturated rings. The van der Waals surface area contributed by atoms with Gasteiger partial charge in [-0.3, -0.25) is 9.59 Å². The van der Waals surface area contributed by atoms with E-state index in [9.17, 15) is 14.7 Å². The minimum absolute atomic E-state index is 0.537. The van der Waals surface area contributed by atoms with Crippen LogP contribution in [-0.4, -0.2) is 22.2 Å². The molecule has 0 radical (unpaired) electrons. The van der Waals surface area contributed by atoms with Crippen LogP contribution in [0.1, 0.15) is 56.1 Å². The Balaban J connectivity index is 3.15. The monoisotopic (exact) mass is 264 g/mol. The third-order valence-corrected chi connectivity index (χ3v) is 3.35. The highest BCUT2D eigenvalue weighted by molar-refractivity contribution is 5.80. The van der Waals surface area contributed by atoms with E-state index < -0.39 is 23.8 Å². The van der Waals surface area contributed by atoms with Gasteiger partial charge in [-0.05, 0) is 24.5 Å². The molecule has 1 aromatic rings. The van der Waals surface area contributed by atoms with Crippen LogP contribution in [0.3, 0.4) is 0 Å². The van der Waals surface area contributed by atoms with Crippen LogP contribution >= 0.6 is 0 Å². The first-order valence-corrected chi connectivity index (χ1v) is 6.53. The largest absolute Gasteiger partial charge is 0.481 e. The SMILES string of the molecule is CCCCC(C(=O)O)c1ccccc1C(C)C(=O)O. The van der Waals surface area contributed by atoms with Crippen LogP contribution in [0.4, 0.5) is 0 Å². The van der Waals surface area contributed by atoms with Crippen LogP contribution in [0.2, 0.25) is 0 Å². The topological polar surface area (TPSA) is 74.6 Å². The van der Waals surface area contributed by atoms with Crippen LogP contribution in [0.15, 0.2) is 24.3 Å². The molecule has 0 aliphatic carbocycles. The molecule has 0 aromatic heterocycles. The third-order valence-electron chi connectivity index (χ3n) is 3.35. The summed E-state index contributed by atoms with van der Waals surface area (Å²) in [6.07, 6.45) is 2.27. The van der Waals surface area contributed by atoms with Crippen molar-refractivity contribution in [3.05, 3.63) is 35.4 Å². The number of carbonyl (C=O) groups is 2. The second-order valence-electron chi connectivity index (χ2n) is 4.72. The Bertz CT molecular complexity index is 453. The third kappa shape index (κ3) is 3.81.